The van der Waals surface area contributed by atoms with Crippen LogP contribution in [0.25, 0.3) is 0 Å². The van der Waals surface area contributed by atoms with Gasteiger partial charge in [0.15, 0.2) is 0 Å². The Bertz CT molecular complexity index is 1430. The molecule has 0 saturated heterocycles. The van der Waals surface area contributed by atoms with E-state index in [-0.39, 0.29) is 23.1 Å². The number of nitrogens with one attached hydrogen (secondary N) is 1. The highest BCUT2D eigenvalue weighted by Crippen LogP contribution is 2.26. The van der Waals surface area contributed by atoms with Gasteiger partial charge in [-0.05, 0) is 49.2 Å². The van der Waals surface area contributed by atoms with Gasteiger partial charge in [0, 0.05) is 5.56 Å². The highest BCUT2D eigenvalue weighted by Gasteiger charge is 2.52. The first-order chi connectivity index (χ1) is 24.9. The third-order valence-corrected chi connectivity index (χ3v) is 9.24. The number of benzene rings is 3. The molecule has 8 heteroatoms. The van der Waals surface area contributed by atoms with Crippen LogP contribution < -0.4 is 5.32 Å². The largest absolute Gasteiger partial charge is 0.467 e. The van der Waals surface area contributed by atoms with Gasteiger partial charge in [0.25, 0.3) is 5.91 Å². The van der Waals surface area contributed by atoms with Crippen LogP contribution in [0.5, 0.6) is 0 Å². The summed E-state index contributed by atoms with van der Waals surface area (Å²) in [5, 5.41) is 2.80. The second kappa shape index (κ2) is 23.9. The molecule has 0 spiro atoms. The minimum absolute atomic E-state index is 0.226. The first-order valence-corrected chi connectivity index (χ1v) is 18.9. The van der Waals surface area contributed by atoms with Gasteiger partial charge >= 0.3 is 17.9 Å². The Morgan fingerprint density at radius 1 is 0.569 bits per heavy atom. The second-order valence-corrected chi connectivity index (χ2v) is 13.2. The minimum atomic E-state index is -2.04. The van der Waals surface area contributed by atoms with Gasteiger partial charge in [-0.2, -0.15) is 0 Å². The maximum Gasteiger partial charge on any atom is 0.339 e. The molecule has 1 N–H and O–H groups in total. The lowest BCUT2D eigenvalue weighted by Gasteiger charge is -2.37. The Morgan fingerprint density at radius 3 is 1.43 bits per heavy atom. The van der Waals surface area contributed by atoms with Gasteiger partial charge in [0.1, 0.15) is 12.7 Å². The number of esters is 3. The van der Waals surface area contributed by atoms with Gasteiger partial charge in [-0.15, -0.1) is 0 Å². The summed E-state index contributed by atoms with van der Waals surface area (Å²) in [5.74, 6) is -2.86. The quantitative estimate of drug-likeness (QED) is 0.0533. The van der Waals surface area contributed by atoms with Crippen LogP contribution in [0.2, 0.25) is 0 Å². The zero-order chi connectivity index (χ0) is 36.6. The monoisotopic (exact) mass is 699 g/mol. The maximum atomic E-state index is 13.9. The first-order valence-electron chi connectivity index (χ1n) is 18.9. The Morgan fingerprint density at radius 2 is 0.980 bits per heavy atom. The van der Waals surface area contributed by atoms with Crippen molar-refractivity contribution in [1.29, 1.82) is 0 Å². The molecule has 1 amide bonds. The van der Waals surface area contributed by atoms with Gasteiger partial charge in [-0.25, -0.2) is 14.4 Å². The van der Waals surface area contributed by atoms with Gasteiger partial charge in [-0.1, -0.05) is 151 Å². The number of rotatable bonds is 25. The molecule has 3 aromatic carbocycles. The van der Waals surface area contributed by atoms with Gasteiger partial charge < -0.3 is 19.5 Å². The fraction of sp³-hybridized carbons (Fsp3) is 0.488. The number of unbranched alkanes of at least 4 members (excludes halogenated alkanes) is 14. The van der Waals surface area contributed by atoms with Crippen LogP contribution in [-0.4, -0.2) is 49.2 Å². The van der Waals surface area contributed by atoms with E-state index in [1.807, 2.05) is 0 Å². The zero-order valence-corrected chi connectivity index (χ0v) is 30.6. The topological polar surface area (TPSA) is 108 Å². The van der Waals surface area contributed by atoms with Crippen LogP contribution in [0.3, 0.4) is 0 Å². The van der Waals surface area contributed by atoms with Gasteiger partial charge in [0.2, 0.25) is 5.54 Å². The van der Waals surface area contributed by atoms with Gasteiger partial charge in [0.05, 0.1) is 18.2 Å². The Labute approximate surface area is 304 Å². The van der Waals surface area contributed by atoms with Crippen LogP contribution in [0.15, 0.2) is 91.0 Å². The molecule has 0 saturated carbocycles. The number of hydrogen-bond acceptors (Lipinski definition) is 7. The molecule has 0 fully saturated rings. The number of carbonyl (C=O) groups is 4. The van der Waals surface area contributed by atoms with Crippen LogP contribution in [-0.2, 0) is 19.0 Å². The SMILES string of the molecule is CCCCCCCCCCCCCCCCC[C@H](OC(=O)c1ccccc1)[C@](COC(=O)c1ccccc1)(NC(=O)c1ccccc1)C(=O)OC. The number of carbonyl (C=O) groups excluding carboxylic acids is 4. The van der Waals surface area contributed by atoms with Crippen molar-refractivity contribution in [3.63, 3.8) is 0 Å². The van der Waals surface area contributed by atoms with E-state index < -0.39 is 42.1 Å². The average Bonchev–Trinajstić information content (AvgIpc) is 3.17. The highest BCUT2D eigenvalue weighted by atomic mass is 16.6. The fourth-order valence-electron chi connectivity index (χ4n) is 6.21. The molecule has 0 aliphatic rings. The fourth-order valence-corrected chi connectivity index (χ4v) is 6.21. The van der Waals surface area contributed by atoms with E-state index in [2.05, 4.69) is 12.2 Å². The molecule has 3 aromatic rings. The summed E-state index contributed by atoms with van der Waals surface area (Å²) in [5.41, 5.74) is -1.20. The lowest BCUT2D eigenvalue weighted by Crippen LogP contribution is -2.66. The van der Waals surface area contributed by atoms with Crippen molar-refractivity contribution >= 4 is 23.8 Å². The molecule has 8 nitrogen and oxygen atoms in total. The molecule has 0 aliphatic carbocycles. The van der Waals surface area contributed by atoms with Crippen molar-refractivity contribution < 1.29 is 33.4 Å². The van der Waals surface area contributed by atoms with Crippen molar-refractivity contribution in [2.24, 2.45) is 0 Å². The lowest BCUT2D eigenvalue weighted by atomic mass is 9.88. The molecule has 0 radical (unpaired) electrons. The molecule has 0 heterocycles. The van der Waals surface area contributed by atoms with Crippen LogP contribution >= 0.6 is 0 Å². The smallest absolute Gasteiger partial charge is 0.339 e. The Hall–Kier alpha value is -4.46. The predicted octanol–water partition coefficient (Wildman–Crippen LogP) is 9.67. The molecular weight excluding hydrogens is 642 g/mol. The minimum Gasteiger partial charge on any atom is -0.467 e. The predicted molar refractivity (Wildman–Crippen MR) is 201 cm³/mol. The van der Waals surface area contributed by atoms with Crippen molar-refractivity contribution in [2.75, 3.05) is 13.7 Å². The van der Waals surface area contributed by atoms with Crippen molar-refractivity contribution in [1.82, 2.24) is 5.32 Å². The van der Waals surface area contributed by atoms with E-state index in [9.17, 15) is 19.2 Å². The summed E-state index contributed by atoms with van der Waals surface area (Å²) in [4.78, 5) is 54.1. The molecule has 0 bridgehead atoms. The van der Waals surface area contributed by atoms with E-state index in [0.29, 0.717) is 6.42 Å². The van der Waals surface area contributed by atoms with Crippen molar-refractivity contribution in [3.05, 3.63) is 108 Å². The molecule has 276 valence electrons. The Balaban J connectivity index is 1.72. The molecule has 0 aromatic heterocycles. The summed E-state index contributed by atoms with van der Waals surface area (Å²) in [7, 11) is 1.19. The summed E-state index contributed by atoms with van der Waals surface area (Å²) < 4.78 is 17.0. The van der Waals surface area contributed by atoms with E-state index in [0.717, 1.165) is 25.7 Å². The zero-order valence-electron chi connectivity index (χ0n) is 30.6. The standard InChI is InChI=1S/C43H57NO7/c1-3-4-5-6-7-8-9-10-11-12-13-14-15-16-26-33-38(51-41(47)37-31-24-19-25-32-37)43(42(48)49-2,44-39(45)35-27-20-17-21-28-35)34-50-40(46)36-29-22-18-23-30-36/h17-25,27-32,38H,3-16,26,33-34H2,1-2H3,(H,44,45)/t38-,43-/m0/s1. The maximum absolute atomic E-state index is 13.9. The molecule has 2 atom stereocenters. The van der Waals surface area contributed by atoms with Crippen molar-refractivity contribution in [3.8, 4) is 0 Å². The van der Waals surface area contributed by atoms with E-state index >= 15 is 0 Å². The van der Waals surface area contributed by atoms with E-state index in [4.69, 9.17) is 14.2 Å². The number of methoxy groups -OCH3 is 1. The van der Waals surface area contributed by atoms with Crippen LogP contribution in [0, 0.1) is 0 Å². The van der Waals surface area contributed by atoms with Crippen LogP contribution in [0.1, 0.15) is 141 Å². The second-order valence-electron chi connectivity index (χ2n) is 13.2. The summed E-state index contributed by atoms with van der Waals surface area (Å²) in [6.45, 7) is 1.64. The molecular formula is C43H57NO7. The highest BCUT2D eigenvalue weighted by molar-refractivity contribution is 5.99. The normalized spacial score (nSPS) is 12.7. The number of ether oxygens (including phenoxy) is 3. The number of hydrogen-bond donors (Lipinski definition) is 1. The molecule has 51 heavy (non-hydrogen) atoms. The summed E-state index contributed by atoms with van der Waals surface area (Å²) in [6, 6.07) is 25.2. The van der Waals surface area contributed by atoms with E-state index in [1.54, 1.807) is 91.0 Å². The third-order valence-electron chi connectivity index (χ3n) is 9.24. The number of amides is 1. The molecule has 0 aliphatic heterocycles. The van der Waals surface area contributed by atoms with Gasteiger partial charge in [-0.3, -0.25) is 4.79 Å². The molecule has 0 unspecified atom stereocenters. The molecule has 3 rings (SSSR count). The van der Waals surface area contributed by atoms with E-state index in [1.165, 1.54) is 71.3 Å². The average molecular weight is 700 g/mol. The lowest BCUT2D eigenvalue weighted by molar-refractivity contribution is -0.156. The first kappa shape index (κ1) is 41.0. The summed E-state index contributed by atoms with van der Waals surface area (Å²) in [6.07, 6.45) is 16.8. The Kier molecular flexibility index (Phi) is 19.2. The van der Waals surface area contributed by atoms with Crippen LogP contribution in [0.4, 0.5) is 0 Å². The third kappa shape index (κ3) is 14.4. The summed E-state index contributed by atoms with van der Waals surface area (Å²) >= 11 is 0. The van der Waals surface area contributed by atoms with Crippen molar-refractivity contribution in [2.45, 2.75) is 121 Å².